The van der Waals surface area contributed by atoms with E-state index in [-0.39, 0.29) is 121 Å². The fourth-order valence-electron chi connectivity index (χ4n) is 8.13. The van der Waals surface area contributed by atoms with Gasteiger partial charge in [-0.05, 0) is 218 Å². The maximum atomic E-state index is 13.6. The monoisotopic (exact) mass is 1910 g/mol. The van der Waals surface area contributed by atoms with Gasteiger partial charge in [0.2, 0.25) is 47.5 Å². The van der Waals surface area contributed by atoms with Crippen LogP contribution in [0.3, 0.4) is 0 Å². The van der Waals surface area contributed by atoms with Crippen molar-refractivity contribution in [2.45, 2.75) is 65.7 Å². The molecule has 0 bridgehead atoms. The number of thioether (sulfide) groups is 4. The minimum Gasteiger partial charge on any atom is -0.443 e. The van der Waals surface area contributed by atoms with Gasteiger partial charge in [-0.1, -0.05) is 27.2 Å². The number of ether oxygens (including phenoxy) is 1. The Morgan fingerprint density at radius 3 is 1.23 bits per heavy atom. The standard InChI is InChI=1S/C18H19BrFN5O7S2.C13H11BrFN5O5S2.C12H13BrFN5O4S2.C12H9BrFN5O3S/c1-18(2,3)30-16(26)24-34(28,29)8-4-7-33-15-13(21-32-23-15)14-22-31-17(27)25(14)10-5-6-12(20)11(19)9-10;14-8-6-7(2-3-9(8)15)20-11(18-24-13(20)21)10-12(19-25-17-10)26-4-1-5-27(16,22)23;13-8-6-7(2-3-9(8)14)16-11(17-20)10-12(19-23-18-10)24-4-1-5-25(15,21)22;13-7-5-6(1-2-8(7)14)19-10(17-21-12(19)20)9-11(18-22-16-9)23-4-3-15/h5-6,9H,4,7-8H2,1-3H3,(H,24,26);2-3,6H,1,4-5H2,(H2,16,22,23);2-3,6,20H,1,4-5H2,(H,16,17)(H2,15,21,22);1-2,5H,3-4,15H2. The second-order valence-corrected chi connectivity index (χ2v) is 34.9. The zero-order valence-electron chi connectivity index (χ0n) is 55.3. The van der Waals surface area contributed by atoms with Gasteiger partial charge >= 0.3 is 23.4 Å². The van der Waals surface area contributed by atoms with E-state index in [1.165, 1.54) is 90.3 Å². The molecule has 0 atom stereocenters. The number of carbonyl (C=O) groups is 1. The summed E-state index contributed by atoms with van der Waals surface area (Å²) in [6.45, 7) is 5.28. The van der Waals surface area contributed by atoms with Gasteiger partial charge in [-0.25, -0.2) is 114 Å². The molecule has 109 heavy (non-hydrogen) atoms. The third-order valence-electron chi connectivity index (χ3n) is 12.7. The molecule has 0 aliphatic heterocycles. The van der Waals surface area contributed by atoms with Gasteiger partial charge in [-0.3, -0.25) is 24.3 Å². The SMILES string of the molecule is CC(C)(C)OC(=O)NS(=O)(=O)CCCSc1nonc1-c1noc(=O)n1-c1ccc(F)c(Br)c1.NCCSc1nonc1-c1noc(=O)n1-c1ccc(F)c(Br)c1.NS(=O)(=O)CCCSc1nonc1-c1noc(=O)n1-c1ccc(F)c(Br)c1.NS(=O)(=O)CCCSc1nonc1C(=Nc1ccc(F)c(Br)c1)NO. The minimum absolute atomic E-state index is 0.00806. The number of sulfonamides is 3. The van der Waals surface area contributed by atoms with Gasteiger partial charge in [0.05, 0.1) is 57.9 Å². The summed E-state index contributed by atoms with van der Waals surface area (Å²) in [5.74, 6) is -3.41. The fraction of sp³-hybridized carbons (Fsp3) is 0.273. The molecule has 0 saturated carbocycles. The number of rotatable bonds is 27. The van der Waals surface area contributed by atoms with E-state index in [1.54, 1.807) is 20.8 Å². The Morgan fingerprint density at radius 2 is 0.872 bits per heavy atom. The summed E-state index contributed by atoms with van der Waals surface area (Å²) < 4.78 is 165. The highest BCUT2D eigenvalue weighted by Crippen LogP contribution is 2.34. The highest BCUT2D eigenvalue weighted by atomic mass is 79.9. The van der Waals surface area contributed by atoms with Crippen LogP contribution < -0.4 is 43.5 Å². The predicted molar refractivity (Wildman–Crippen MR) is 394 cm³/mol. The first-order chi connectivity index (χ1) is 51.5. The summed E-state index contributed by atoms with van der Waals surface area (Å²) in [6, 6.07) is 15.9. The van der Waals surface area contributed by atoms with Crippen LogP contribution >= 0.6 is 111 Å². The second kappa shape index (κ2) is 39.1. The average molecular weight is 1920 g/mol. The number of hydrogen-bond acceptors (Lipinski definition) is 36. The lowest BCUT2D eigenvalue weighted by atomic mass is 10.2. The number of aliphatic imine (C=N–C) groups is 1. The molecule has 0 fully saturated rings. The number of benzene rings is 4. The number of amides is 1. The van der Waals surface area contributed by atoms with Gasteiger partial charge < -0.3 is 10.5 Å². The number of primary sulfonamides is 2. The van der Waals surface area contributed by atoms with E-state index in [0.29, 0.717) is 51.7 Å². The lowest BCUT2D eigenvalue weighted by molar-refractivity contribution is 0.0570. The highest BCUT2D eigenvalue weighted by molar-refractivity contribution is 9.11. The molecule has 0 spiro atoms. The first-order valence-corrected chi connectivity index (χ1v) is 42.1. The predicted octanol–water partition coefficient (Wildman–Crippen LogP) is 8.29. The lowest BCUT2D eigenvalue weighted by Crippen LogP contribution is -2.37. The molecule has 7 heterocycles. The van der Waals surface area contributed by atoms with Crippen LogP contribution in [-0.4, -0.2) is 165 Å². The van der Waals surface area contributed by atoms with Crippen molar-refractivity contribution < 1.29 is 89.6 Å². The molecule has 0 radical (unpaired) electrons. The van der Waals surface area contributed by atoms with Gasteiger partial charge in [0.1, 0.15) is 28.9 Å². The summed E-state index contributed by atoms with van der Waals surface area (Å²) in [7, 11) is -11.0. The van der Waals surface area contributed by atoms with E-state index < -0.39 is 82.3 Å². The van der Waals surface area contributed by atoms with E-state index in [2.05, 4.69) is 130 Å². The molecule has 11 aromatic rings. The van der Waals surface area contributed by atoms with Gasteiger partial charge in [-0.2, -0.15) is 0 Å². The van der Waals surface area contributed by atoms with E-state index in [0.717, 1.165) is 43.3 Å². The van der Waals surface area contributed by atoms with Gasteiger partial charge in [-0.15, -0.1) is 35.3 Å². The normalized spacial score (nSPS) is 11.9. The van der Waals surface area contributed by atoms with Crippen molar-refractivity contribution in [3.63, 3.8) is 0 Å². The van der Waals surface area contributed by atoms with Crippen LogP contribution in [0.5, 0.6) is 0 Å². The summed E-state index contributed by atoms with van der Waals surface area (Å²) in [5.41, 5.74) is 8.34. The number of hydrogen-bond donors (Lipinski definition) is 6. The number of nitrogens with two attached hydrogens (primary N) is 3. The Morgan fingerprint density at radius 1 is 0.523 bits per heavy atom. The zero-order valence-corrected chi connectivity index (χ0v) is 67.4. The number of aromatic nitrogens is 14. The fourth-order valence-corrected chi connectivity index (χ4v) is 15.3. The summed E-state index contributed by atoms with van der Waals surface area (Å²) in [5, 5.41) is 61.4. The maximum Gasteiger partial charge on any atom is 0.446 e. The van der Waals surface area contributed by atoms with Crippen molar-refractivity contribution in [1.29, 1.82) is 0 Å². The van der Waals surface area contributed by atoms with E-state index >= 15 is 0 Å². The summed E-state index contributed by atoms with van der Waals surface area (Å²) >= 11 is 16.9. The van der Waals surface area contributed by atoms with Crippen LogP contribution in [0.1, 0.15) is 45.7 Å². The molecule has 0 aliphatic rings. The van der Waals surface area contributed by atoms with Crippen molar-refractivity contribution >= 4 is 158 Å². The van der Waals surface area contributed by atoms with Crippen LogP contribution in [0.15, 0.2) is 162 Å². The minimum atomic E-state index is -3.91. The molecule has 9 N–H and O–H groups in total. The third-order valence-corrected chi connectivity index (χ3v) is 22.2. The molecule has 0 saturated heterocycles. The van der Waals surface area contributed by atoms with Gasteiger partial charge in [0, 0.05) is 29.6 Å². The number of nitrogens with one attached hydrogen (secondary N) is 2. The van der Waals surface area contributed by atoms with Crippen molar-refractivity contribution in [3.05, 3.63) is 151 Å². The molecule has 4 aromatic carbocycles. The summed E-state index contributed by atoms with van der Waals surface area (Å²) in [6.07, 6.45) is -0.322. The molecular weight excluding hydrogens is 1860 g/mol. The number of carbonyl (C=O) groups excluding carboxylic acids is 1. The smallest absolute Gasteiger partial charge is 0.443 e. The molecule has 0 unspecified atom stereocenters. The van der Waals surface area contributed by atoms with E-state index in [4.69, 9.17) is 48.2 Å². The van der Waals surface area contributed by atoms with Gasteiger partial charge in [0.25, 0.3) is 0 Å². The Kier molecular flexibility index (Phi) is 30.9. The molecule has 7 aromatic heterocycles. The van der Waals surface area contributed by atoms with E-state index in [1.807, 2.05) is 10.2 Å². The number of hydroxylamine groups is 1. The second-order valence-electron chi connectivity index (χ2n) is 21.9. The zero-order chi connectivity index (χ0) is 79.5. The summed E-state index contributed by atoms with van der Waals surface area (Å²) in [4.78, 5) is 52.1. The molecule has 0 aliphatic carbocycles. The number of halogens is 8. The first kappa shape index (κ1) is 86.3. The van der Waals surface area contributed by atoms with Crippen LogP contribution in [0.4, 0.5) is 28.0 Å². The molecule has 11 rings (SSSR count). The molecular formula is C55H52Br4F4N20O19S7. The van der Waals surface area contributed by atoms with Crippen LogP contribution in [0.2, 0.25) is 0 Å². The Hall–Kier alpha value is -8.27. The molecule has 54 heteroatoms. The number of nitrogens with zero attached hydrogens (tertiary/aromatic N) is 15. The highest BCUT2D eigenvalue weighted by Gasteiger charge is 2.29. The van der Waals surface area contributed by atoms with Crippen molar-refractivity contribution in [1.82, 2.24) is 80.6 Å². The van der Waals surface area contributed by atoms with Crippen molar-refractivity contribution in [3.8, 4) is 51.6 Å². The third kappa shape index (κ3) is 25.1. The lowest BCUT2D eigenvalue weighted by Gasteiger charge is -2.19. The maximum absolute atomic E-state index is 13.6. The quantitative estimate of drug-likeness (QED) is 0.00703. The van der Waals surface area contributed by atoms with Crippen LogP contribution in [-0.2, 0) is 34.8 Å². The van der Waals surface area contributed by atoms with Crippen molar-refractivity contribution in [2.75, 3.05) is 46.8 Å². The molecule has 1 amide bonds. The first-order valence-electron chi connectivity index (χ1n) is 29.9. The Bertz CT molecular complexity index is 5580. The average Bonchev–Trinajstić information content (AvgIpc) is 1.66. The molecule has 584 valence electrons. The Labute approximate surface area is 659 Å². The van der Waals surface area contributed by atoms with Crippen LogP contribution in [0, 0.1) is 23.3 Å². The van der Waals surface area contributed by atoms with E-state index in [9.17, 15) is 67.2 Å². The van der Waals surface area contributed by atoms with Crippen LogP contribution in [0.25, 0.3) is 51.6 Å². The largest absolute Gasteiger partial charge is 0.446 e. The Balaban J connectivity index is 0.000000185. The van der Waals surface area contributed by atoms with Gasteiger partial charge in [0.15, 0.2) is 48.7 Å². The topological polar surface area (TPSA) is 563 Å². The van der Waals surface area contributed by atoms with Crippen molar-refractivity contribution in [2.24, 2.45) is 21.0 Å². The molecule has 39 nitrogen and oxygen atoms in total. The number of amidine groups is 1.